The molecule has 0 heterocycles. The second-order valence-corrected chi connectivity index (χ2v) is 1.87. The standard InChI is InChI=1S/C6H10O5/c1-2-3-5(7)11-6(8)4-10-9/h9H,2-4H2,1H3. The molecule has 0 bridgehead atoms. The van der Waals surface area contributed by atoms with Gasteiger partial charge in [0.25, 0.3) is 0 Å². The summed E-state index contributed by atoms with van der Waals surface area (Å²) in [4.78, 5) is 24.4. The lowest BCUT2D eigenvalue weighted by atomic mass is 10.3. The van der Waals surface area contributed by atoms with E-state index in [1.54, 1.807) is 6.92 Å². The lowest BCUT2D eigenvalue weighted by Crippen LogP contribution is -2.16. The van der Waals surface area contributed by atoms with Crippen molar-refractivity contribution in [2.45, 2.75) is 19.8 Å². The minimum absolute atomic E-state index is 0.192. The molecule has 0 aliphatic carbocycles. The predicted octanol–water partition coefficient (Wildman–Crippen LogP) is 0.346. The zero-order valence-electron chi connectivity index (χ0n) is 6.20. The first kappa shape index (κ1) is 10.1. The van der Waals surface area contributed by atoms with Gasteiger partial charge < -0.3 is 4.74 Å². The Bertz CT molecular complexity index is 126. The van der Waals surface area contributed by atoms with E-state index in [-0.39, 0.29) is 6.42 Å². The molecular formula is C6H10O5. The summed E-state index contributed by atoms with van der Waals surface area (Å²) in [5, 5.41) is 7.77. The summed E-state index contributed by atoms with van der Waals surface area (Å²) in [5.74, 6) is -1.49. The van der Waals surface area contributed by atoms with Crippen molar-refractivity contribution >= 4 is 11.9 Å². The van der Waals surface area contributed by atoms with Crippen molar-refractivity contribution in [3.05, 3.63) is 0 Å². The summed E-state index contributed by atoms with van der Waals surface area (Å²) >= 11 is 0. The molecule has 0 unspecified atom stereocenters. The molecule has 0 aromatic heterocycles. The molecule has 0 aliphatic rings. The van der Waals surface area contributed by atoms with Crippen LogP contribution in [-0.4, -0.2) is 23.8 Å². The molecule has 0 spiro atoms. The number of carbonyl (C=O) groups is 2. The van der Waals surface area contributed by atoms with Gasteiger partial charge in [-0.25, -0.2) is 9.68 Å². The van der Waals surface area contributed by atoms with Crippen molar-refractivity contribution in [2.24, 2.45) is 0 Å². The fourth-order valence-corrected chi connectivity index (χ4v) is 0.464. The summed E-state index contributed by atoms with van der Waals surface area (Å²) in [5.41, 5.74) is 0. The second kappa shape index (κ2) is 5.82. The van der Waals surface area contributed by atoms with E-state index < -0.39 is 18.5 Å². The Hall–Kier alpha value is -0.940. The molecule has 0 saturated carbocycles. The van der Waals surface area contributed by atoms with Gasteiger partial charge >= 0.3 is 11.9 Å². The maximum absolute atomic E-state index is 10.5. The third-order valence-corrected chi connectivity index (χ3v) is 0.864. The highest BCUT2D eigenvalue weighted by Crippen LogP contribution is 1.91. The molecule has 0 aromatic carbocycles. The fraction of sp³-hybridized carbons (Fsp3) is 0.667. The van der Waals surface area contributed by atoms with Crippen molar-refractivity contribution in [2.75, 3.05) is 6.61 Å². The molecule has 64 valence electrons. The van der Waals surface area contributed by atoms with Gasteiger partial charge in [0.05, 0.1) is 0 Å². The minimum atomic E-state index is -0.883. The van der Waals surface area contributed by atoms with E-state index in [0.717, 1.165) is 0 Å². The number of esters is 2. The Kier molecular flexibility index (Phi) is 5.32. The quantitative estimate of drug-likeness (QED) is 0.279. The van der Waals surface area contributed by atoms with Gasteiger partial charge in [0, 0.05) is 6.42 Å². The zero-order chi connectivity index (χ0) is 8.69. The Labute approximate surface area is 63.8 Å². The molecule has 0 aliphatic heterocycles. The third kappa shape index (κ3) is 5.50. The van der Waals surface area contributed by atoms with Gasteiger partial charge in [0.15, 0.2) is 6.61 Å². The Morgan fingerprint density at radius 3 is 2.45 bits per heavy atom. The minimum Gasteiger partial charge on any atom is -0.391 e. The normalized spacial score (nSPS) is 9.27. The largest absolute Gasteiger partial charge is 0.391 e. The molecule has 0 saturated heterocycles. The maximum atomic E-state index is 10.5. The smallest absolute Gasteiger partial charge is 0.343 e. The first-order valence-corrected chi connectivity index (χ1v) is 3.20. The average Bonchev–Trinajstić information content (AvgIpc) is 1.87. The van der Waals surface area contributed by atoms with Gasteiger partial charge in [-0.1, -0.05) is 6.92 Å². The molecule has 0 fully saturated rings. The molecule has 0 rings (SSSR count). The summed E-state index contributed by atoms with van der Waals surface area (Å²) in [7, 11) is 0. The van der Waals surface area contributed by atoms with Crippen LogP contribution in [-0.2, 0) is 19.2 Å². The van der Waals surface area contributed by atoms with Gasteiger partial charge in [-0.2, -0.15) is 0 Å². The molecule has 5 heteroatoms. The molecule has 0 aromatic rings. The summed E-state index contributed by atoms with van der Waals surface area (Å²) in [6.45, 7) is 1.17. The van der Waals surface area contributed by atoms with E-state index in [1.165, 1.54) is 0 Å². The van der Waals surface area contributed by atoms with Crippen LogP contribution in [0.1, 0.15) is 19.8 Å². The van der Waals surface area contributed by atoms with Gasteiger partial charge in [-0.3, -0.25) is 10.1 Å². The molecule has 1 N–H and O–H groups in total. The van der Waals surface area contributed by atoms with Crippen LogP contribution >= 0.6 is 0 Å². The highest BCUT2D eigenvalue weighted by molar-refractivity contribution is 5.85. The topological polar surface area (TPSA) is 72.8 Å². The van der Waals surface area contributed by atoms with Crippen LogP contribution in [0.15, 0.2) is 0 Å². The second-order valence-electron chi connectivity index (χ2n) is 1.87. The number of ether oxygens (including phenoxy) is 1. The van der Waals surface area contributed by atoms with Crippen LogP contribution in [0.2, 0.25) is 0 Å². The SMILES string of the molecule is CCCC(=O)OC(=O)COO. The molecule has 0 amide bonds. The molecule has 11 heavy (non-hydrogen) atoms. The van der Waals surface area contributed by atoms with Crippen LogP contribution in [0.5, 0.6) is 0 Å². The van der Waals surface area contributed by atoms with E-state index >= 15 is 0 Å². The lowest BCUT2D eigenvalue weighted by molar-refractivity contribution is -0.244. The number of hydrogen-bond acceptors (Lipinski definition) is 5. The van der Waals surface area contributed by atoms with Crippen LogP contribution in [0.4, 0.5) is 0 Å². The van der Waals surface area contributed by atoms with E-state index in [0.29, 0.717) is 6.42 Å². The number of carbonyl (C=O) groups excluding carboxylic acids is 2. The van der Waals surface area contributed by atoms with Gasteiger partial charge in [0.2, 0.25) is 0 Å². The van der Waals surface area contributed by atoms with E-state index in [9.17, 15) is 9.59 Å². The molecule has 0 atom stereocenters. The highest BCUT2D eigenvalue weighted by Gasteiger charge is 2.08. The molecule has 5 nitrogen and oxygen atoms in total. The first-order chi connectivity index (χ1) is 5.20. The highest BCUT2D eigenvalue weighted by atomic mass is 17.1. The van der Waals surface area contributed by atoms with Gasteiger partial charge in [0.1, 0.15) is 0 Å². The van der Waals surface area contributed by atoms with Crippen molar-refractivity contribution in [1.82, 2.24) is 0 Å². The van der Waals surface area contributed by atoms with Crippen molar-refractivity contribution in [3.8, 4) is 0 Å². The maximum Gasteiger partial charge on any atom is 0.343 e. The summed E-state index contributed by atoms with van der Waals surface area (Å²) in [6.07, 6.45) is 0.809. The average molecular weight is 162 g/mol. The molecular weight excluding hydrogens is 152 g/mol. The van der Waals surface area contributed by atoms with Crippen molar-refractivity contribution in [1.29, 1.82) is 0 Å². The van der Waals surface area contributed by atoms with E-state index in [4.69, 9.17) is 5.26 Å². The summed E-state index contributed by atoms with van der Waals surface area (Å²) < 4.78 is 4.17. The summed E-state index contributed by atoms with van der Waals surface area (Å²) in [6, 6.07) is 0. The van der Waals surface area contributed by atoms with Crippen molar-refractivity contribution in [3.63, 3.8) is 0 Å². The zero-order valence-corrected chi connectivity index (χ0v) is 6.20. The Morgan fingerprint density at radius 2 is 2.00 bits per heavy atom. The number of rotatable bonds is 4. The van der Waals surface area contributed by atoms with Crippen molar-refractivity contribution < 1.29 is 24.5 Å². The predicted molar refractivity (Wildman–Crippen MR) is 34.6 cm³/mol. The monoisotopic (exact) mass is 162 g/mol. The van der Waals surface area contributed by atoms with Gasteiger partial charge in [-0.05, 0) is 6.42 Å². The van der Waals surface area contributed by atoms with Crippen LogP contribution in [0, 0.1) is 0 Å². The fourth-order valence-electron chi connectivity index (χ4n) is 0.464. The van der Waals surface area contributed by atoms with Crippen LogP contribution in [0.3, 0.4) is 0 Å². The van der Waals surface area contributed by atoms with Gasteiger partial charge in [-0.15, -0.1) is 0 Å². The Morgan fingerprint density at radius 1 is 1.36 bits per heavy atom. The Balaban J connectivity index is 3.49. The number of hydrogen-bond donors (Lipinski definition) is 1. The van der Waals surface area contributed by atoms with E-state index in [2.05, 4.69) is 9.62 Å². The first-order valence-electron chi connectivity index (χ1n) is 3.20. The lowest BCUT2D eigenvalue weighted by Gasteiger charge is -1.98. The molecule has 0 radical (unpaired) electrons. The van der Waals surface area contributed by atoms with Crippen LogP contribution < -0.4 is 0 Å². The van der Waals surface area contributed by atoms with Crippen LogP contribution in [0.25, 0.3) is 0 Å². The third-order valence-electron chi connectivity index (χ3n) is 0.864. The van der Waals surface area contributed by atoms with E-state index in [1.807, 2.05) is 0 Å².